The summed E-state index contributed by atoms with van der Waals surface area (Å²) in [5.74, 6) is 0.167. The van der Waals surface area contributed by atoms with Crippen molar-refractivity contribution >= 4 is 47.8 Å². The molecular weight excluding hydrogens is 340 g/mol. The van der Waals surface area contributed by atoms with Gasteiger partial charge >= 0.3 is 0 Å². The molecule has 0 amide bonds. The summed E-state index contributed by atoms with van der Waals surface area (Å²) in [4.78, 5) is 0. The molecule has 1 aromatic rings. The van der Waals surface area contributed by atoms with Gasteiger partial charge in [0.25, 0.3) is 0 Å². The molecule has 0 saturated heterocycles. The van der Waals surface area contributed by atoms with E-state index in [0.717, 1.165) is 8.95 Å². The number of phenols is 1. The summed E-state index contributed by atoms with van der Waals surface area (Å²) in [6.07, 6.45) is 0. The third-order valence-electron chi connectivity index (χ3n) is 1.22. The van der Waals surface area contributed by atoms with Crippen molar-refractivity contribution in [1.29, 1.82) is 0 Å². The van der Waals surface area contributed by atoms with Crippen molar-refractivity contribution < 1.29 is 5.11 Å². The van der Waals surface area contributed by atoms with Crippen molar-refractivity contribution in [2.24, 2.45) is 0 Å². The van der Waals surface area contributed by atoms with E-state index in [1.54, 1.807) is 6.07 Å². The van der Waals surface area contributed by atoms with Crippen LogP contribution in [-0.4, -0.2) is 5.11 Å². The van der Waals surface area contributed by atoms with Gasteiger partial charge in [-0.3, -0.25) is 0 Å². The van der Waals surface area contributed by atoms with Gasteiger partial charge in [-0.05, 0) is 66.3 Å². The largest absolute Gasteiger partial charge is 0.506 e. The maximum absolute atomic E-state index is 9.35. The summed E-state index contributed by atoms with van der Waals surface area (Å²) < 4.78 is 2.28. The first kappa shape index (κ1) is 9.55. The second-order valence-corrected chi connectivity index (χ2v) is 4.43. The van der Waals surface area contributed by atoms with E-state index in [1.807, 2.05) is 0 Å². The third-order valence-corrected chi connectivity index (χ3v) is 4.50. The van der Waals surface area contributed by atoms with Crippen molar-refractivity contribution in [3.8, 4) is 5.75 Å². The summed E-state index contributed by atoms with van der Waals surface area (Å²) in [7, 11) is 0. The van der Waals surface area contributed by atoms with Gasteiger partial charge in [0, 0.05) is 8.95 Å². The molecule has 11 heavy (non-hydrogen) atoms. The van der Waals surface area contributed by atoms with E-state index in [0.29, 0.717) is 10.0 Å². The van der Waals surface area contributed by atoms with Crippen LogP contribution in [0.15, 0.2) is 19.5 Å². The van der Waals surface area contributed by atoms with Crippen LogP contribution < -0.4 is 0 Å². The number of hydrogen-bond acceptors (Lipinski definition) is 1. The molecule has 59 valence electrons. The van der Waals surface area contributed by atoms with Gasteiger partial charge in [0.15, 0.2) is 0 Å². The molecule has 0 spiro atoms. The molecule has 1 rings (SSSR count). The summed E-state index contributed by atoms with van der Waals surface area (Å²) in [5, 5.41) is 9.35. The third kappa shape index (κ3) is 1.79. The molecule has 0 saturated carbocycles. The van der Waals surface area contributed by atoms with Gasteiger partial charge in [-0.1, -0.05) is 0 Å². The van der Waals surface area contributed by atoms with Crippen molar-refractivity contribution in [3.63, 3.8) is 0 Å². The fourth-order valence-electron chi connectivity index (χ4n) is 0.634. The van der Waals surface area contributed by atoms with Crippen molar-refractivity contribution in [2.75, 3.05) is 0 Å². The lowest BCUT2D eigenvalue weighted by molar-refractivity contribution is 0.469. The maximum atomic E-state index is 9.35. The highest BCUT2D eigenvalue weighted by atomic mass is 79.9. The standard InChI is InChI=1S/C7H4Br3O/c1-3-2-4(8)5(9)6(10)7(3)11/h2,11H,1H2. The lowest BCUT2D eigenvalue weighted by Crippen LogP contribution is -1.79. The molecule has 0 aliphatic carbocycles. The van der Waals surface area contributed by atoms with Crippen LogP contribution in [0.25, 0.3) is 0 Å². The molecule has 0 aliphatic rings. The predicted octanol–water partition coefficient (Wildman–Crippen LogP) is 3.86. The van der Waals surface area contributed by atoms with Crippen LogP contribution in [-0.2, 0) is 0 Å². The molecule has 0 aromatic heterocycles. The molecule has 1 N–H and O–H groups in total. The first-order valence-electron chi connectivity index (χ1n) is 2.72. The van der Waals surface area contributed by atoms with Crippen LogP contribution >= 0.6 is 47.8 Å². The number of hydrogen-bond donors (Lipinski definition) is 1. The summed E-state index contributed by atoms with van der Waals surface area (Å²) in [5.41, 5.74) is 0.590. The lowest BCUT2D eigenvalue weighted by Gasteiger charge is -2.05. The second kappa shape index (κ2) is 3.46. The maximum Gasteiger partial charge on any atom is 0.134 e. The lowest BCUT2D eigenvalue weighted by atomic mass is 10.2. The minimum Gasteiger partial charge on any atom is -0.506 e. The van der Waals surface area contributed by atoms with E-state index < -0.39 is 0 Å². The zero-order valence-electron chi connectivity index (χ0n) is 5.37. The number of rotatable bonds is 0. The molecule has 0 bridgehead atoms. The Morgan fingerprint density at radius 1 is 1.18 bits per heavy atom. The van der Waals surface area contributed by atoms with Crippen LogP contribution in [0, 0.1) is 6.92 Å². The zero-order valence-corrected chi connectivity index (χ0v) is 10.1. The molecular formula is C7H4Br3O. The average molecular weight is 344 g/mol. The first-order chi connectivity index (χ1) is 5.04. The fourth-order valence-corrected chi connectivity index (χ4v) is 2.15. The van der Waals surface area contributed by atoms with E-state index in [-0.39, 0.29) is 5.75 Å². The highest BCUT2D eigenvalue weighted by molar-refractivity contribution is 9.14. The van der Waals surface area contributed by atoms with Gasteiger partial charge in [-0.15, -0.1) is 0 Å². The highest BCUT2D eigenvalue weighted by Crippen LogP contribution is 2.39. The van der Waals surface area contributed by atoms with Gasteiger partial charge in [0.05, 0.1) is 4.47 Å². The highest BCUT2D eigenvalue weighted by Gasteiger charge is 2.09. The Bertz CT molecular complexity index is 270. The quantitative estimate of drug-likeness (QED) is 0.709. The Morgan fingerprint density at radius 3 is 2.27 bits per heavy atom. The van der Waals surface area contributed by atoms with E-state index >= 15 is 0 Å². The minimum absolute atomic E-state index is 0.167. The number of halogens is 3. The Hall–Kier alpha value is 0.460. The molecule has 0 aliphatic heterocycles. The number of aromatic hydroxyl groups is 1. The number of benzene rings is 1. The first-order valence-corrected chi connectivity index (χ1v) is 5.10. The van der Waals surface area contributed by atoms with E-state index in [9.17, 15) is 5.11 Å². The molecule has 0 unspecified atom stereocenters. The van der Waals surface area contributed by atoms with Gasteiger partial charge in [0.1, 0.15) is 5.75 Å². The molecule has 0 heterocycles. The van der Waals surface area contributed by atoms with Crippen LogP contribution in [0.5, 0.6) is 5.75 Å². The molecule has 0 fully saturated rings. The fraction of sp³-hybridized carbons (Fsp3) is 0. The molecule has 0 atom stereocenters. The molecule has 4 heteroatoms. The Morgan fingerprint density at radius 2 is 1.73 bits per heavy atom. The monoisotopic (exact) mass is 341 g/mol. The summed E-state index contributed by atoms with van der Waals surface area (Å²) in [6, 6.07) is 1.74. The molecule has 1 aromatic carbocycles. The van der Waals surface area contributed by atoms with Crippen molar-refractivity contribution in [2.45, 2.75) is 0 Å². The van der Waals surface area contributed by atoms with Crippen molar-refractivity contribution in [1.82, 2.24) is 0 Å². The van der Waals surface area contributed by atoms with Crippen LogP contribution in [0.3, 0.4) is 0 Å². The summed E-state index contributed by atoms with van der Waals surface area (Å²) in [6.45, 7) is 3.65. The van der Waals surface area contributed by atoms with Crippen molar-refractivity contribution in [3.05, 3.63) is 32.0 Å². The predicted molar refractivity (Wildman–Crippen MR) is 55.7 cm³/mol. The number of phenolic OH excluding ortho intramolecular Hbond substituents is 1. The second-order valence-electron chi connectivity index (χ2n) is 1.99. The van der Waals surface area contributed by atoms with Gasteiger partial charge < -0.3 is 5.11 Å². The van der Waals surface area contributed by atoms with Crippen LogP contribution in [0.1, 0.15) is 5.56 Å². The normalized spacial score (nSPS) is 10.2. The minimum atomic E-state index is 0.167. The molecule has 1 radical (unpaired) electrons. The SMILES string of the molecule is [CH2]c1cc(Br)c(Br)c(Br)c1O. The zero-order chi connectivity index (χ0) is 8.59. The summed E-state index contributed by atoms with van der Waals surface area (Å²) >= 11 is 9.80. The Balaban J connectivity index is 3.46. The van der Waals surface area contributed by atoms with Crippen LogP contribution in [0.2, 0.25) is 0 Å². The topological polar surface area (TPSA) is 20.2 Å². The Labute approximate surface area is 90.2 Å². The van der Waals surface area contributed by atoms with Crippen LogP contribution in [0.4, 0.5) is 0 Å². The van der Waals surface area contributed by atoms with E-state index in [4.69, 9.17) is 0 Å². The van der Waals surface area contributed by atoms with Gasteiger partial charge in [-0.25, -0.2) is 0 Å². The van der Waals surface area contributed by atoms with E-state index in [2.05, 4.69) is 54.7 Å². The average Bonchev–Trinajstić information content (AvgIpc) is 1.97. The van der Waals surface area contributed by atoms with E-state index in [1.165, 1.54) is 0 Å². The Kier molecular flexibility index (Phi) is 3.00. The molecule has 1 nitrogen and oxygen atoms in total. The smallest absolute Gasteiger partial charge is 0.134 e. The van der Waals surface area contributed by atoms with Gasteiger partial charge in [-0.2, -0.15) is 0 Å². The van der Waals surface area contributed by atoms with Gasteiger partial charge in [0.2, 0.25) is 0 Å².